The number of carbonyl (C=O) groups is 2. The highest BCUT2D eigenvalue weighted by molar-refractivity contribution is 6.63. The molecule has 0 bridgehead atoms. The van der Waals surface area contributed by atoms with Crippen molar-refractivity contribution in [3.8, 4) is 0 Å². The Morgan fingerprint density at radius 3 is 2.25 bits per heavy atom. The van der Waals surface area contributed by atoms with Gasteiger partial charge < -0.3 is 15.2 Å². The van der Waals surface area contributed by atoms with Crippen LogP contribution in [0.4, 0.5) is 22.0 Å². The molecule has 0 atom stereocenters. The van der Waals surface area contributed by atoms with Crippen LogP contribution in [0.2, 0.25) is 0 Å². The monoisotopic (exact) mass is 382 g/mol. The molecule has 1 aliphatic rings. The molecule has 0 spiro atoms. The predicted octanol–water partition coefficient (Wildman–Crippen LogP) is 3.08. The van der Waals surface area contributed by atoms with Gasteiger partial charge in [0.25, 0.3) is 5.91 Å². The van der Waals surface area contributed by atoms with Crippen LogP contribution in [0.5, 0.6) is 0 Å². The predicted molar refractivity (Wildman–Crippen MR) is 109 cm³/mol. The van der Waals surface area contributed by atoms with E-state index in [1.807, 2.05) is 20.8 Å². The van der Waals surface area contributed by atoms with Crippen LogP contribution in [0.15, 0.2) is 44.8 Å². The molecule has 9 nitrogen and oxygen atoms in total. The van der Waals surface area contributed by atoms with Crippen molar-refractivity contribution < 1.29 is 14.1 Å². The molecule has 0 unspecified atom stereocenters. The van der Waals surface area contributed by atoms with E-state index in [2.05, 4.69) is 31.1 Å². The number of hydrogen-bond donors (Lipinski definition) is 3. The second-order valence-electron chi connectivity index (χ2n) is 7.24. The highest BCUT2D eigenvalue weighted by Crippen LogP contribution is 2.24. The molecule has 0 saturated carbocycles. The second-order valence-corrected chi connectivity index (χ2v) is 7.24. The Morgan fingerprint density at radius 2 is 1.68 bits per heavy atom. The maximum Gasteiger partial charge on any atom is 0.324 e. The van der Waals surface area contributed by atoms with Crippen molar-refractivity contribution in [2.45, 2.75) is 26.2 Å². The molecule has 1 aliphatic heterocycles. The van der Waals surface area contributed by atoms with Gasteiger partial charge in [0.1, 0.15) is 11.5 Å². The molecular weight excluding hydrogens is 360 g/mol. The average Bonchev–Trinajstić information content (AvgIpc) is 3.13. The number of anilines is 3. The van der Waals surface area contributed by atoms with Gasteiger partial charge in [0.2, 0.25) is 0 Å². The smallest absolute Gasteiger partial charge is 0.324 e. The summed E-state index contributed by atoms with van der Waals surface area (Å²) < 4.78 is 5.23. The van der Waals surface area contributed by atoms with E-state index < -0.39 is 6.03 Å². The third-order valence-corrected chi connectivity index (χ3v) is 3.85. The number of hydrogen-bond acceptors (Lipinski definition) is 6. The number of carbonyl (C=O) groups excluding carboxylic acids is 2. The lowest BCUT2D eigenvalue weighted by Crippen LogP contribution is -2.26. The van der Waals surface area contributed by atoms with E-state index in [9.17, 15) is 9.59 Å². The summed E-state index contributed by atoms with van der Waals surface area (Å²) in [5, 5.41) is 11.9. The topological polar surface area (TPSA) is 121 Å². The molecular formula is C19H22N6O3. The Kier molecular flexibility index (Phi) is 5.53. The number of aromatic nitrogens is 1. The lowest BCUT2D eigenvalue weighted by Gasteiger charge is -2.12. The van der Waals surface area contributed by atoms with E-state index >= 15 is 0 Å². The van der Waals surface area contributed by atoms with E-state index in [0.717, 1.165) is 0 Å². The van der Waals surface area contributed by atoms with Crippen molar-refractivity contribution in [1.29, 1.82) is 0 Å². The molecule has 0 saturated heterocycles. The van der Waals surface area contributed by atoms with Gasteiger partial charge in [-0.25, -0.2) is 4.79 Å². The van der Waals surface area contributed by atoms with Crippen molar-refractivity contribution in [2.75, 3.05) is 29.0 Å². The molecule has 28 heavy (non-hydrogen) atoms. The molecule has 2 aromatic rings. The third kappa shape index (κ3) is 5.03. The number of urea groups is 1. The van der Waals surface area contributed by atoms with Crippen molar-refractivity contribution in [2.24, 2.45) is 9.98 Å². The number of benzene rings is 1. The van der Waals surface area contributed by atoms with E-state index in [4.69, 9.17) is 4.52 Å². The normalized spacial score (nSPS) is 13.6. The number of nitrogens with one attached hydrogen (secondary N) is 3. The Morgan fingerprint density at radius 1 is 1.00 bits per heavy atom. The van der Waals surface area contributed by atoms with Crippen LogP contribution in [-0.4, -0.2) is 42.1 Å². The first-order chi connectivity index (χ1) is 13.3. The van der Waals surface area contributed by atoms with Crippen molar-refractivity contribution >= 4 is 41.1 Å². The molecule has 2 heterocycles. The fourth-order valence-corrected chi connectivity index (χ4v) is 2.35. The van der Waals surface area contributed by atoms with E-state index in [1.54, 1.807) is 30.3 Å². The Hall–Kier alpha value is -3.49. The molecule has 9 heteroatoms. The summed E-state index contributed by atoms with van der Waals surface area (Å²) >= 11 is 0. The zero-order valence-electron chi connectivity index (χ0n) is 15.9. The molecule has 1 aromatic carbocycles. The fraction of sp³-hybridized carbons (Fsp3) is 0.316. The van der Waals surface area contributed by atoms with Crippen molar-refractivity contribution in [1.82, 2.24) is 5.16 Å². The highest BCUT2D eigenvalue weighted by Gasteiger charge is 2.20. The standard InChI is InChI=1S/C19H22N6O3/c1-19(2,3)15-10-16(25-28-15)24-18(27)23-13-6-4-12(5-7-13)22-17(26)14-11-20-8-9-21-14/h4-7,10-11H,8-9H2,1-3H3,(H,22,26)(H2,23,24,25,27). The van der Waals surface area contributed by atoms with Gasteiger partial charge in [0, 0.05) is 22.9 Å². The van der Waals surface area contributed by atoms with Crippen LogP contribution in [-0.2, 0) is 10.2 Å². The summed E-state index contributed by atoms with van der Waals surface area (Å²) in [6.07, 6.45) is 1.47. The Labute approximate surface area is 162 Å². The molecule has 146 valence electrons. The van der Waals surface area contributed by atoms with Crippen LogP contribution in [0.25, 0.3) is 0 Å². The Bertz CT molecular complexity index is 922. The van der Waals surface area contributed by atoms with Gasteiger partial charge in [-0.3, -0.25) is 20.1 Å². The maximum atomic E-state index is 12.1. The summed E-state index contributed by atoms with van der Waals surface area (Å²) in [6, 6.07) is 7.96. The number of amides is 3. The first-order valence-corrected chi connectivity index (χ1v) is 8.82. The number of nitrogens with zero attached hydrogens (tertiary/aromatic N) is 3. The summed E-state index contributed by atoms with van der Waals surface area (Å²) in [7, 11) is 0. The van der Waals surface area contributed by atoms with Gasteiger partial charge in [0.15, 0.2) is 5.82 Å². The molecule has 0 aliphatic carbocycles. The van der Waals surface area contributed by atoms with Gasteiger partial charge in [-0.15, -0.1) is 0 Å². The minimum Gasteiger partial charge on any atom is -0.359 e. The molecule has 3 amide bonds. The summed E-state index contributed by atoms with van der Waals surface area (Å²) in [5.74, 6) is 0.694. The average molecular weight is 382 g/mol. The zero-order chi connectivity index (χ0) is 20.1. The molecule has 0 fully saturated rings. The van der Waals surface area contributed by atoms with E-state index in [1.165, 1.54) is 6.21 Å². The van der Waals surface area contributed by atoms with Gasteiger partial charge in [-0.2, -0.15) is 0 Å². The third-order valence-electron chi connectivity index (χ3n) is 3.85. The van der Waals surface area contributed by atoms with Crippen LogP contribution < -0.4 is 16.0 Å². The lowest BCUT2D eigenvalue weighted by atomic mass is 9.93. The summed E-state index contributed by atoms with van der Waals surface area (Å²) in [6.45, 7) is 7.09. The van der Waals surface area contributed by atoms with Crippen molar-refractivity contribution in [3.05, 3.63) is 36.1 Å². The SMILES string of the molecule is CC(C)(C)c1cc(NC(=O)Nc2ccc(NC(=O)C3=NCCN=C3)cc2)no1. The van der Waals surface area contributed by atoms with Gasteiger partial charge >= 0.3 is 6.03 Å². The minimum atomic E-state index is -0.446. The van der Waals surface area contributed by atoms with Crippen LogP contribution in [0.1, 0.15) is 26.5 Å². The quantitative estimate of drug-likeness (QED) is 0.752. The first kappa shape index (κ1) is 19.3. The molecule has 0 radical (unpaired) electrons. The van der Waals surface area contributed by atoms with Crippen LogP contribution in [0, 0.1) is 0 Å². The fourth-order valence-electron chi connectivity index (χ4n) is 2.35. The molecule has 1 aromatic heterocycles. The van der Waals surface area contributed by atoms with Gasteiger partial charge in [-0.1, -0.05) is 25.9 Å². The first-order valence-electron chi connectivity index (χ1n) is 8.82. The van der Waals surface area contributed by atoms with Crippen LogP contribution in [0.3, 0.4) is 0 Å². The molecule has 3 rings (SSSR count). The Balaban J connectivity index is 1.54. The summed E-state index contributed by atoms with van der Waals surface area (Å²) in [4.78, 5) is 32.3. The van der Waals surface area contributed by atoms with E-state index in [-0.39, 0.29) is 11.3 Å². The van der Waals surface area contributed by atoms with Crippen LogP contribution >= 0.6 is 0 Å². The lowest BCUT2D eigenvalue weighted by molar-refractivity contribution is -0.110. The zero-order valence-corrected chi connectivity index (χ0v) is 15.9. The minimum absolute atomic E-state index is 0.196. The summed E-state index contributed by atoms with van der Waals surface area (Å²) in [5.41, 5.74) is 1.25. The van der Waals surface area contributed by atoms with E-state index in [0.29, 0.717) is 41.8 Å². The highest BCUT2D eigenvalue weighted by atomic mass is 16.5. The largest absolute Gasteiger partial charge is 0.359 e. The number of aliphatic imine (C=N–C) groups is 2. The van der Waals surface area contributed by atoms with Crippen molar-refractivity contribution in [3.63, 3.8) is 0 Å². The van der Waals surface area contributed by atoms with Gasteiger partial charge in [-0.05, 0) is 24.3 Å². The molecule has 3 N–H and O–H groups in total. The van der Waals surface area contributed by atoms with Gasteiger partial charge in [0.05, 0.1) is 19.3 Å². The maximum absolute atomic E-state index is 12.1. The number of rotatable bonds is 4. The second kappa shape index (κ2) is 8.03.